The zero-order valence-corrected chi connectivity index (χ0v) is 12.1. The van der Waals surface area contributed by atoms with Gasteiger partial charge in [-0.25, -0.2) is 0 Å². The molecular weight excluding hydrogens is 264 g/mol. The molecule has 0 aliphatic rings. The lowest BCUT2D eigenvalue weighted by molar-refractivity contribution is -0.117. The standard InChI is InChI=1S/C17H20N2O2/c1-2-12-21-15-11-7-6-10-14(15)19-17(20)16(18)13-8-4-3-5-9-13/h3-11,16H,2,12,18H2,1H3,(H,19,20)/t16-/m0/s1. The third-order valence-corrected chi connectivity index (χ3v) is 3.05. The Morgan fingerprint density at radius 1 is 1.14 bits per heavy atom. The Morgan fingerprint density at radius 3 is 2.52 bits per heavy atom. The third-order valence-electron chi connectivity index (χ3n) is 3.05. The third kappa shape index (κ3) is 4.07. The van der Waals surface area contributed by atoms with Gasteiger partial charge in [-0.2, -0.15) is 0 Å². The smallest absolute Gasteiger partial charge is 0.245 e. The average molecular weight is 284 g/mol. The summed E-state index contributed by atoms with van der Waals surface area (Å²) < 4.78 is 5.62. The van der Waals surface area contributed by atoms with Crippen LogP contribution in [0.3, 0.4) is 0 Å². The number of nitrogens with one attached hydrogen (secondary N) is 1. The summed E-state index contributed by atoms with van der Waals surface area (Å²) in [5.41, 5.74) is 7.40. The van der Waals surface area contributed by atoms with Crippen LogP contribution in [0.2, 0.25) is 0 Å². The van der Waals surface area contributed by atoms with Crippen molar-refractivity contribution in [3.63, 3.8) is 0 Å². The quantitative estimate of drug-likeness (QED) is 0.856. The Morgan fingerprint density at radius 2 is 1.81 bits per heavy atom. The van der Waals surface area contributed by atoms with Gasteiger partial charge in [0.15, 0.2) is 0 Å². The van der Waals surface area contributed by atoms with Gasteiger partial charge in [0.05, 0.1) is 12.3 Å². The molecule has 1 amide bonds. The summed E-state index contributed by atoms with van der Waals surface area (Å²) >= 11 is 0. The fraction of sp³-hybridized carbons (Fsp3) is 0.235. The molecule has 0 unspecified atom stereocenters. The van der Waals surface area contributed by atoms with E-state index < -0.39 is 6.04 Å². The molecule has 0 fully saturated rings. The number of para-hydroxylation sites is 2. The van der Waals surface area contributed by atoms with Crippen LogP contribution < -0.4 is 15.8 Å². The van der Waals surface area contributed by atoms with Crippen molar-refractivity contribution in [3.8, 4) is 5.75 Å². The molecule has 1 atom stereocenters. The molecule has 0 bridgehead atoms. The number of nitrogens with two attached hydrogens (primary N) is 1. The number of carbonyl (C=O) groups is 1. The SMILES string of the molecule is CCCOc1ccccc1NC(=O)[C@@H](N)c1ccccc1. The van der Waals surface area contributed by atoms with Crippen LogP contribution in [0, 0.1) is 0 Å². The number of hydrogen-bond acceptors (Lipinski definition) is 3. The van der Waals surface area contributed by atoms with E-state index in [1.165, 1.54) is 0 Å². The molecule has 0 radical (unpaired) electrons. The summed E-state index contributed by atoms with van der Waals surface area (Å²) in [6.45, 7) is 2.64. The molecule has 0 aromatic heterocycles. The van der Waals surface area contributed by atoms with Gasteiger partial charge in [0, 0.05) is 0 Å². The van der Waals surface area contributed by atoms with E-state index in [-0.39, 0.29) is 5.91 Å². The Kier molecular flexibility index (Phi) is 5.35. The average Bonchev–Trinajstić information content (AvgIpc) is 2.54. The number of hydrogen-bond donors (Lipinski definition) is 2. The second kappa shape index (κ2) is 7.45. The highest BCUT2D eigenvalue weighted by Gasteiger charge is 2.16. The van der Waals surface area contributed by atoms with Gasteiger partial charge in [0.1, 0.15) is 11.8 Å². The molecular formula is C17H20N2O2. The largest absolute Gasteiger partial charge is 0.491 e. The molecule has 110 valence electrons. The van der Waals surface area contributed by atoms with Crippen molar-refractivity contribution in [2.24, 2.45) is 5.73 Å². The van der Waals surface area contributed by atoms with Crippen molar-refractivity contribution in [2.75, 3.05) is 11.9 Å². The number of anilines is 1. The van der Waals surface area contributed by atoms with Gasteiger partial charge in [0.2, 0.25) is 5.91 Å². The number of carbonyl (C=O) groups excluding carboxylic acids is 1. The molecule has 2 rings (SSSR count). The maximum absolute atomic E-state index is 12.2. The maximum atomic E-state index is 12.2. The first-order valence-electron chi connectivity index (χ1n) is 7.05. The summed E-state index contributed by atoms with van der Waals surface area (Å²) in [6, 6.07) is 15.9. The maximum Gasteiger partial charge on any atom is 0.245 e. The predicted octanol–water partition coefficient (Wildman–Crippen LogP) is 3.11. The van der Waals surface area contributed by atoms with Crippen molar-refractivity contribution in [3.05, 3.63) is 60.2 Å². The first-order valence-corrected chi connectivity index (χ1v) is 7.05. The number of ether oxygens (including phenoxy) is 1. The fourth-order valence-electron chi connectivity index (χ4n) is 1.93. The lowest BCUT2D eigenvalue weighted by Crippen LogP contribution is -2.27. The second-order valence-electron chi connectivity index (χ2n) is 4.72. The Labute approximate surface area is 124 Å². The minimum atomic E-state index is -0.703. The highest BCUT2D eigenvalue weighted by Crippen LogP contribution is 2.25. The van der Waals surface area contributed by atoms with Gasteiger partial charge in [-0.15, -0.1) is 0 Å². The van der Waals surface area contributed by atoms with Crippen LogP contribution >= 0.6 is 0 Å². The molecule has 2 aromatic carbocycles. The van der Waals surface area contributed by atoms with E-state index in [0.29, 0.717) is 18.0 Å². The molecule has 0 saturated heterocycles. The zero-order chi connectivity index (χ0) is 15.1. The number of rotatable bonds is 6. The van der Waals surface area contributed by atoms with Crippen molar-refractivity contribution < 1.29 is 9.53 Å². The van der Waals surface area contributed by atoms with E-state index in [4.69, 9.17) is 10.5 Å². The highest BCUT2D eigenvalue weighted by molar-refractivity contribution is 5.96. The van der Waals surface area contributed by atoms with Crippen LogP contribution in [0.25, 0.3) is 0 Å². The summed E-state index contributed by atoms with van der Waals surface area (Å²) in [5.74, 6) is 0.404. The molecule has 4 heteroatoms. The van der Waals surface area contributed by atoms with E-state index in [9.17, 15) is 4.79 Å². The molecule has 2 aromatic rings. The van der Waals surface area contributed by atoms with Gasteiger partial charge in [0.25, 0.3) is 0 Å². The Hall–Kier alpha value is -2.33. The van der Waals surface area contributed by atoms with Gasteiger partial charge in [-0.05, 0) is 24.1 Å². The minimum absolute atomic E-state index is 0.256. The molecule has 21 heavy (non-hydrogen) atoms. The number of benzene rings is 2. The summed E-state index contributed by atoms with van der Waals surface area (Å²) in [5, 5.41) is 2.83. The predicted molar refractivity (Wildman–Crippen MR) is 84.2 cm³/mol. The van der Waals surface area contributed by atoms with Gasteiger partial charge >= 0.3 is 0 Å². The first-order chi connectivity index (χ1) is 10.2. The molecule has 0 aliphatic heterocycles. The topological polar surface area (TPSA) is 64.3 Å². The lowest BCUT2D eigenvalue weighted by atomic mass is 10.1. The lowest BCUT2D eigenvalue weighted by Gasteiger charge is -2.15. The van der Waals surface area contributed by atoms with E-state index in [1.54, 1.807) is 6.07 Å². The molecule has 0 spiro atoms. The van der Waals surface area contributed by atoms with Gasteiger partial charge in [-0.1, -0.05) is 49.4 Å². The monoisotopic (exact) mass is 284 g/mol. The van der Waals surface area contributed by atoms with Crippen LogP contribution in [0.15, 0.2) is 54.6 Å². The minimum Gasteiger partial charge on any atom is -0.491 e. The van der Waals surface area contributed by atoms with E-state index in [1.807, 2.05) is 55.5 Å². The van der Waals surface area contributed by atoms with Crippen LogP contribution in [-0.2, 0) is 4.79 Å². The van der Waals surface area contributed by atoms with Crippen molar-refractivity contribution in [2.45, 2.75) is 19.4 Å². The molecule has 0 heterocycles. The Bertz CT molecular complexity index is 584. The van der Waals surface area contributed by atoms with E-state index in [2.05, 4.69) is 5.32 Å². The van der Waals surface area contributed by atoms with Crippen LogP contribution in [0.5, 0.6) is 5.75 Å². The Balaban J connectivity index is 2.09. The van der Waals surface area contributed by atoms with Crippen LogP contribution in [-0.4, -0.2) is 12.5 Å². The van der Waals surface area contributed by atoms with Crippen molar-refractivity contribution >= 4 is 11.6 Å². The van der Waals surface area contributed by atoms with Crippen LogP contribution in [0.4, 0.5) is 5.69 Å². The molecule has 0 aliphatic carbocycles. The van der Waals surface area contributed by atoms with E-state index in [0.717, 1.165) is 12.0 Å². The molecule has 0 saturated carbocycles. The van der Waals surface area contributed by atoms with Crippen molar-refractivity contribution in [1.29, 1.82) is 0 Å². The highest BCUT2D eigenvalue weighted by atomic mass is 16.5. The van der Waals surface area contributed by atoms with Gasteiger partial charge < -0.3 is 15.8 Å². The first kappa shape index (κ1) is 15.1. The summed E-state index contributed by atoms with van der Waals surface area (Å²) in [6.07, 6.45) is 0.909. The number of amides is 1. The van der Waals surface area contributed by atoms with Gasteiger partial charge in [-0.3, -0.25) is 4.79 Å². The van der Waals surface area contributed by atoms with E-state index >= 15 is 0 Å². The molecule has 3 N–H and O–H groups in total. The van der Waals surface area contributed by atoms with Crippen LogP contribution in [0.1, 0.15) is 24.9 Å². The summed E-state index contributed by atoms with van der Waals surface area (Å²) in [4.78, 5) is 12.2. The second-order valence-corrected chi connectivity index (χ2v) is 4.72. The summed E-state index contributed by atoms with van der Waals surface area (Å²) in [7, 11) is 0. The zero-order valence-electron chi connectivity index (χ0n) is 12.1. The fourth-order valence-corrected chi connectivity index (χ4v) is 1.93. The normalized spacial score (nSPS) is 11.7. The molecule has 4 nitrogen and oxygen atoms in total. The van der Waals surface area contributed by atoms with Crippen molar-refractivity contribution in [1.82, 2.24) is 0 Å².